The Morgan fingerprint density at radius 3 is 2.79 bits per heavy atom. The largest absolute Gasteiger partial charge is 0.372 e. The monoisotopic (exact) mass is 324 g/mol. The Bertz CT molecular complexity index is 720. The molecule has 0 fully saturated rings. The number of pyridine rings is 1. The van der Waals surface area contributed by atoms with E-state index in [0.717, 1.165) is 23.1 Å². The maximum Gasteiger partial charge on any atom is 0.252 e. The fraction of sp³-hybridized carbons (Fsp3) is 0.400. The van der Waals surface area contributed by atoms with E-state index in [4.69, 9.17) is 4.74 Å². The number of hydrogen-bond donors (Lipinski definition) is 1. The third-order valence-corrected chi connectivity index (χ3v) is 4.23. The molecule has 0 bridgehead atoms. The quantitative estimate of drug-likeness (QED) is 0.924. The summed E-state index contributed by atoms with van der Waals surface area (Å²) < 4.78 is 5.49. The van der Waals surface area contributed by atoms with Crippen molar-refractivity contribution in [3.05, 3.63) is 65.0 Å². The molecule has 4 heteroatoms. The minimum atomic E-state index is -0.0654. The van der Waals surface area contributed by atoms with Crippen LogP contribution in [0.1, 0.15) is 60.3 Å². The summed E-state index contributed by atoms with van der Waals surface area (Å²) in [7, 11) is 0. The smallest absolute Gasteiger partial charge is 0.252 e. The van der Waals surface area contributed by atoms with Crippen LogP contribution in [0.3, 0.4) is 0 Å². The SMILES string of the molecule is CC(C)(C)CC(NC(=O)c1cccc2c1COC2)c1cccnc1. The van der Waals surface area contributed by atoms with E-state index < -0.39 is 0 Å². The number of fused-ring (bicyclic) bond motifs is 1. The molecule has 0 spiro atoms. The van der Waals surface area contributed by atoms with Crippen molar-refractivity contribution in [3.8, 4) is 0 Å². The first-order chi connectivity index (χ1) is 11.4. The molecule has 1 aromatic carbocycles. The average Bonchev–Trinajstić information content (AvgIpc) is 3.02. The van der Waals surface area contributed by atoms with Crippen LogP contribution in [-0.2, 0) is 18.0 Å². The van der Waals surface area contributed by atoms with Crippen molar-refractivity contribution in [1.82, 2.24) is 10.3 Å². The van der Waals surface area contributed by atoms with Gasteiger partial charge in [0, 0.05) is 18.0 Å². The molecule has 0 aliphatic carbocycles. The zero-order valence-electron chi connectivity index (χ0n) is 14.5. The maximum absolute atomic E-state index is 12.9. The normalized spacial score (nSPS) is 15.0. The van der Waals surface area contributed by atoms with Crippen LogP contribution < -0.4 is 5.32 Å². The van der Waals surface area contributed by atoms with Crippen molar-refractivity contribution >= 4 is 5.91 Å². The van der Waals surface area contributed by atoms with Crippen LogP contribution in [0.5, 0.6) is 0 Å². The van der Waals surface area contributed by atoms with E-state index in [1.807, 2.05) is 36.5 Å². The van der Waals surface area contributed by atoms with Gasteiger partial charge in [0.05, 0.1) is 19.3 Å². The van der Waals surface area contributed by atoms with Crippen LogP contribution in [0.2, 0.25) is 0 Å². The van der Waals surface area contributed by atoms with E-state index in [1.165, 1.54) is 0 Å². The molecule has 4 nitrogen and oxygen atoms in total. The summed E-state index contributed by atoms with van der Waals surface area (Å²) in [6, 6.07) is 9.68. The van der Waals surface area contributed by atoms with Gasteiger partial charge in [-0.3, -0.25) is 9.78 Å². The molecule has 3 rings (SSSR count). The van der Waals surface area contributed by atoms with E-state index in [-0.39, 0.29) is 17.4 Å². The summed E-state index contributed by atoms with van der Waals surface area (Å²) >= 11 is 0. The number of amides is 1. The zero-order valence-corrected chi connectivity index (χ0v) is 14.5. The van der Waals surface area contributed by atoms with Gasteiger partial charge < -0.3 is 10.1 Å². The molecule has 2 aromatic rings. The Labute approximate surface area is 143 Å². The van der Waals surface area contributed by atoms with Gasteiger partial charge in [-0.1, -0.05) is 39.0 Å². The number of carbonyl (C=O) groups excluding carboxylic acids is 1. The van der Waals surface area contributed by atoms with Crippen molar-refractivity contribution in [2.24, 2.45) is 5.41 Å². The maximum atomic E-state index is 12.9. The van der Waals surface area contributed by atoms with E-state index in [2.05, 4.69) is 31.1 Å². The third-order valence-electron chi connectivity index (χ3n) is 4.23. The lowest BCUT2D eigenvalue weighted by atomic mass is 9.85. The van der Waals surface area contributed by atoms with Crippen molar-refractivity contribution in [3.63, 3.8) is 0 Å². The molecule has 0 saturated carbocycles. The number of carbonyl (C=O) groups is 1. The molecule has 1 aromatic heterocycles. The van der Waals surface area contributed by atoms with E-state index in [9.17, 15) is 4.79 Å². The number of ether oxygens (including phenoxy) is 1. The Morgan fingerprint density at radius 2 is 2.08 bits per heavy atom. The van der Waals surface area contributed by atoms with Crippen LogP contribution in [0.15, 0.2) is 42.7 Å². The van der Waals surface area contributed by atoms with Crippen molar-refractivity contribution in [1.29, 1.82) is 0 Å². The van der Waals surface area contributed by atoms with Crippen molar-refractivity contribution < 1.29 is 9.53 Å². The molecule has 2 heterocycles. The van der Waals surface area contributed by atoms with Gasteiger partial charge in [0.15, 0.2) is 0 Å². The number of nitrogens with zero attached hydrogens (tertiary/aromatic N) is 1. The second kappa shape index (κ2) is 6.73. The van der Waals surface area contributed by atoms with Crippen LogP contribution in [0.25, 0.3) is 0 Å². The van der Waals surface area contributed by atoms with Crippen molar-refractivity contribution in [2.75, 3.05) is 0 Å². The standard InChI is InChI=1S/C20H24N2O2/c1-20(2,3)10-18(14-7-5-9-21-11-14)22-19(23)16-8-4-6-15-12-24-13-17(15)16/h4-9,11,18H,10,12-13H2,1-3H3,(H,22,23). The van der Waals surface area contributed by atoms with Gasteiger partial charge in [-0.15, -0.1) is 0 Å². The highest BCUT2D eigenvalue weighted by molar-refractivity contribution is 5.96. The highest BCUT2D eigenvalue weighted by atomic mass is 16.5. The summed E-state index contributed by atoms with van der Waals surface area (Å²) in [5.41, 5.74) is 3.96. The number of hydrogen-bond acceptors (Lipinski definition) is 3. The lowest BCUT2D eigenvalue weighted by Crippen LogP contribution is -2.32. The average molecular weight is 324 g/mol. The molecule has 1 atom stereocenters. The minimum absolute atomic E-state index is 0.0459. The highest BCUT2D eigenvalue weighted by Gasteiger charge is 2.25. The predicted molar refractivity (Wildman–Crippen MR) is 93.5 cm³/mol. The van der Waals surface area contributed by atoms with Crippen molar-refractivity contribution in [2.45, 2.75) is 46.4 Å². The first-order valence-electron chi connectivity index (χ1n) is 8.33. The molecule has 1 amide bonds. The van der Waals surface area contributed by atoms with Crippen LogP contribution in [0, 0.1) is 5.41 Å². The van der Waals surface area contributed by atoms with Gasteiger partial charge in [-0.25, -0.2) is 0 Å². The minimum Gasteiger partial charge on any atom is -0.372 e. The fourth-order valence-corrected chi connectivity index (χ4v) is 3.10. The summed E-state index contributed by atoms with van der Waals surface area (Å²) in [4.78, 5) is 17.1. The summed E-state index contributed by atoms with van der Waals surface area (Å²) in [5, 5.41) is 3.20. The first-order valence-corrected chi connectivity index (χ1v) is 8.33. The fourth-order valence-electron chi connectivity index (χ4n) is 3.10. The lowest BCUT2D eigenvalue weighted by molar-refractivity contribution is 0.0921. The second-order valence-electron chi connectivity index (χ2n) is 7.51. The Kier molecular flexibility index (Phi) is 4.67. The predicted octanol–water partition coefficient (Wildman–Crippen LogP) is 4.02. The topological polar surface area (TPSA) is 51.2 Å². The van der Waals surface area contributed by atoms with Gasteiger partial charge in [-0.2, -0.15) is 0 Å². The van der Waals surface area contributed by atoms with Crippen LogP contribution in [0.4, 0.5) is 0 Å². The number of rotatable bonds is 4. The zero-order chi connectivity index (χ0) is 17.2. The molecule has 126 valence electrons. The molecular formula is C20H24N2O2. The summed E-state index contributed by atoms with van der Waals surface area (Å²) in [6.45, 7) is 7.63. The van der Waals surface area contributed by atoms with Gasteiger partial charge in [-0.05, 0) is 40.7 Å². The molecule has 1 unspecified atom stereocenters. The highest BCUT2D eigenvalue weighted by Crippen LogP contribution is 2.30. The van der Waals surface area contributed by atoms with Gasteiger partial charge in [0.1, 0.15) is 0 Å². The number of aromatic nitrogens is 1. The second-order valence-corrected chi connectivity index (χ2v) is 7.51. The van der Waals surface area contributed by atoms with Crippen LogP contribution >= 0.6 is 0 Å². The Balaban J connectivity index is 1.85. The first kappa shape index (κ1) is 16.7. The molecule has 0 saturated heterocycles. The third kappa shape index (κ3) is 3.82. The molecule has 24 heavy (non-hydrogen) atoms. The Hall–Kier alpha value is -2.20. The number of benzene rings is 1. The molecule has 1 N–H and O–H groups in total. The van der Waals surface area contributed by atoms with Gasteiger partial charge in [0.2, 0.25) is 0 Å². The van der Waals surface area contributed by atoms with E-state index >= 15 is 0 Å². The van der Waals surface area contributed by atoms with Gasteiger partial charge >= 0.3 is 0 Å². The van der Waals surface area contributed by atoms with Crippen LogP contribution in [-0.4, -0.2) is 10.9 Å². The van der Waals surface area contributed by atoms with E-state index in [0.29, 0.717) is 18.8 Å². The molecule has 1 aliphatic heterocycles. The Morgan fingerprint density at radius 1 is 1.25 bits per heavy atom. The lowest BCUT2D eigenvalue weighted by Gasteiger charge is -2.27. The molecule has 0 radical (unpaired) electrons. The summed E-state index contributed by atoms with van der Waals surface area (Å²) in [5.74, 6) is -0.0459. The molecule has 1 aliphatic rings. The number of nitrogens with one attached hydrogen (secondary N) is 1. The van der Waals surface area contributed by atoms with E-state index in [1.54, 1.807) is 6.20 Å². The van der Waals surface area contributed by atoms with Gasteiger partial charge in [0.25, 0.3) is 5.91 Å². The molecular weight excluding hydrogens is 300 g/mol. The summed E-state index contributed by atoms with van der Waals surface area (Å²) in [6.07, 6.45) is 4.42.